The zero-order valence-electron chi connectivity index (χ0n) is 22.6. The van der Waals surface area contributed by atoms with E-state index in [1.807, 2.05) is 30.3 Å². The number of nitrogens with one attached hydrogen (secondary N) is 1. The average Bonchev–Trinajstić information content (AvgIpc) is 3.60. The van der Waals surface area contributed by atoms with E-state index in [0.717, 1.165) is 39.1 Å². The third-order valence-corrected chi connectivity index (χ3v) is 11.1. The predicted octanol–water partition coefficient (Wildman–Crippen LogP) is 5.14. The van der Waals surface area contributed by atoms with Crippen molar-refractivity contribution in [3.8, 4) is 10.6 Å². The van der Waals surface area contributed by atoms with Gasteiger partial charge in [-0.25, -0.2) is 8.42 Å². The highest BCUT2D eigenvalue weighted by Gasteiger charge is 2.39. The number of pyridine rings is 1. The molecule has 1 unspecified atom stereocenters. The minimum absolute atomic E-state index is 0.0734. The number of rotatable bonds is 9. The van der Waals surface area contributed by atoms with Gasteiger partial charge in [0.05, 0.1) is 16.3 Å². The molecule has 2 aliphatic rings. The van der Waals surface area contributed by atoms with E-state index in [1.165, 1.54) is 4.31 Å². The van der Waals surface area contributed by atoms with Crippen LogP contribution in [-0.2, 0) is 19.6 Å². The molecule has 2 aromatic carbocycles. The van der Waals surface area contributed by atoms with Crippen LogP contribution < -0.4 is 10.2 Å². The van der Waals surface area contributed by atoms with Crippen molar-refractivity contribution >= 4 is 55.3 Å². The van der Waals surface area contributed by atoms with Crippen LogP contribution in [0.5, 0.6) is 0 Å². The second-order valence-corrected chi connectivity index (χ2v) is 13.3. The van der Waals surface area contributed by atoms with Gasteiger partial charge in [-0.3, -0.25) is 14.6 Å². The van der Waals surface area contributed by atoms with Gasteiger partial charge in [-0.1, -0.05) is 24.6 Å². The fraction of sp³-hybridized carbons (Fsp3) is 0.300. The Morgan fingerprint density at radius 2 is 1.98 bits per heavy atom. The van der Waals surface area contributed by atoms with Gasteiger partial charge in [-0.05, 0) is 61.7 Å². The molecule has 1 N–H and O–H groups in total. The lowest BCUT2D eigenvalue weighted by Crippen LogP contribution is -2.49. The summed E-state index contributed by atoms with van der Waals surface area (Å²) in [5.41, 5.74) is 2.65. The van der Waals surface area contributed by atoms with Gasteiger partial charge < -0.3 is 15.0 Å². The lowest BCUT2D eigenvalue weighted by molar-refractivity contribution is -0.120. The smallest absolute Gasteiger partial charge is 0.258 e. The molecule has 212 valence electrons. The Balaban J connectivity index is 1.27. The fourth-order valence-electron chi connectivity index (χ4n) is 5.64. The molecule has 6 rings (SSSR count). The van der Waals surface area contributed by atoms with Gasteiger partial charge >= 0.3 is 0 Å². The molecule has 0 bridgehead atoms. The number of benzene rings is 2. The highest BCUT2D eigenvalue weighted by Crippen LogP contribution is 2.41. The molecule has 41 heavy (non-hydrogen) atoms. The number of hydrogen-bond acceptors (Lipinski definition) is 7. The average molecular weight is 591 g/mol. The maximum atomic E-state index is 13.8. The van der Waals surface area contributed by atoms with Gasteiger partial charge in [0.25, 0.3) is 15.9 Å². The van der Waals surface area contributed by atoms with E-state index in [9.17, 15) is 18.0 Å². The van der Waals surface area contributed by atoms with Gasteiger partial charge in [0, 0.05) is 55.0 Å². The maximum absolute atomic E-state index is 13.8. The number of sulfonamides is 1. The highest BCUT2D eigenvalue weighted by molar-refractivity contribution is 7.91. The summed E-state index contributed by atoms with van der Waals surface area (Å²) in [5.74, 6) is -0.451. The molecule has 1 atom stereocenters. The first-order chi connectivity index (χ1) is 19.9. The van der Waals surface area contributed by atoms with E-state index in [-0.39, 0.29) is 22.6 Å². The number of carbonyl (C=O) groups is 2. The number of carbonyl (C=O) groups excluding carboxylic acids is 2. The number of hydrogen-bond donors (Lipinski definition) is 1. The molecule has 2 amide bonds. The first-order valence-electron chi connectivity index (χ1n) is 13.6. The van der Waals surface area contributed by atoms with E-state index in [0.29, 0.717) is 49.4 Å². The quantitative estimate of drug-likeness (QED) is 0.271. The number of methoxy groups -OCH3 is 1. The largest absolute Gasteiger partial charge is 0.385 e. The maximum Gasteiger partial charge on any atom is 0.258 e. The van der Waals surface area contributed by atoms with Crippen LogP contribution in [0.3, 0.4) is 0 Å². The van der Waals surface area contributed by atoms with Crippen LogP contribution in [0.4, 0.5) is 11.4 Å². The molecule has 2 aliphatic heterocycles. The summed E-state index contributed by atoms with van der Waals surface area (Å²) < 4.78 is 34.2. The first-order valence-corrected chi connectivity index (χ1v) is 15.9. The van der Waals surface area contributed by atoms with Crippen molar-refractivity contribution in [1.29, 1.82) is 0 Å². The molecule has 4 heterocycles. The molecule has 0 saturated carbocycles. The molecular formula is C30H30N4O5S2. The summed E-state index contributed by atoms with van der Waals surface area (Å²) in [5, 5.41) is 4.54. The SMILES string of the molecule is COCCCN1C(=O)c2cccc3c(NC(=O)C4CCCCN4S(=O)(=O)c4ccc(-c5ccccn5)s4)ccc1c23. The van der Waals surface area contributed by atoms with Gasteiger partial charge in [0.2, 0.25) is 5.91 Å². The van der Waals surface area contributed by atoms with E-state index in [4.69, 9.17) is 4.74 Å². The molecule has 4 aromatic rings. The van der Waals surface area contributed by atoms with Crippen molar-refractivity contribution in [2.75, 3.05) is 37.0 Å². The minimum atomic E-state index is -3.91. The molecule has 2 aromatic heterocycles. The Hall–Kier alpha value is -3.64. The molecule has 1 fully saturated rings. The summed E-state index contributed by atoms with van der Waals surface area (Å²) in [7, 11) is -2.27. The summed E-state index contributed by atoms with van der Waals surface area (Å²) >= 11 is 1.16. The van der Waals surface area contributed by atoms with Crippen molar-refractivity contribution in [2.45, 2.75) is 35.9 Å². The summed E-state index contributed by atoms with van der Waals surface area (Å²) in [6, 6.07) is 17.1. The summed E-state index contributed by atoms with van der Waals surface area (Å²) in [6.45, 7) is 1.35. The lowest BCUT2D eigenvalue weighted by atomic mass is 10.0. The highest BCUT2D eigenvalue weighted by atomic mass is 32.2. The number of thiophene rings is 1. The third kappa shape index (κ3) is 5.03. The first kappa shape index (κ1) is 27.5. The number of aromatic nitrogens is 1. The van der Waals surface area contributed by atoms with Crippen LogP contribution in [0.1, 0.15) is 36.0 Å². The van der Waals surface area contributed by atoms with Crippen LogP contribution in [0.15, 0.2) is 71.1 Å². The summed E-state index contributed by atoms with van der Waals surface area (Å²) in [6.07, 6.45) is 4.24. The van der Waals surface area contributed by atoms with Gasteiger partial charge in [-0.2, -0.15) is 4.31 Å². The Kier molecular flexibility index (Phi) is 7.60. The second-order valence-electron chi connectivity index (χ2n) is 10.1. The van der Waals surface area contributed by atoms with Crippen molar-refractivity contribution in [2.24, 2.45) is 0 Å². The monoisotopic (exact) mass is 590 g/mol. The zero-order valence-corrected chi connectivity index (χ0v) is 24.2. The third-order valence-electron chi connectivity index (χ3n) is 7.59. The Labute approximate surface area is 242 Å². The van der Waals surface area contributed by atoms with E-state index >= 15 is 0 Å². The number of amides is 2. The van der Waals surface area contributed by atoms with E-state index < -0.39 is 16.1 Å². The van der Waals surface area contributed by atoms with Crippen molar-refractivity contribution in [1.82, 2.24) is 9.29 Å². The van der Waals surface area contributed by atoms with Gasteiger partial charge in [-0.15, -0.1) is 11.3 Å². The second kappa shape index (κ2) is 11.3. The molecule has 0 spiro atoms. The minimum Gasteiger partial charge on any atom is -0.385 e. The number of anilines is 2. The molecule has 0 radical (unpaired) electrons. The molecule has 1 saturated heterocycles. The number of piperidine rings is 1. The van der Waals surface area contributed by atoms with Crippen molar-refractivity contribution in [3.05, 3.63) is 72.4 Å². The van der Waals surface area contributed by atoms with Crippen LogP contribution in [0.2, 0.25) is 0 Å². The summed E-state index contributed by atoms with van der Waals surface area (Å²) in [4.78, 5) is 33.7. The number of nitrogens with zero attached hydrogens (tertiary/aromatic N) is 3. The van der Waals surface area contributed by atoms with Gasteiger partial charge in [0.15, 0.2) is 0 Å². The Morgan fingerprint density at radius 1 is 1.10 bits per heavy atom. The standard InChI is InChI=1S/C30H30N4O5S2/c1-39-19-7-17-33-24-13-12-22(20-8-6-9-21(28(20)24)30(33)36)32-29(35)25-11-3-5-18-34(25)41(37,38)27-15-14-26(40-27)23-10-2-4-16-31-23/h2,4,6,8-10,12-16,25H,3,5,7,11,17-19H2,1H3,(H,32,35). The molecule has 11 heteroatoms. The zero-order chi connectivity index (χ0) is 28.6. The van der Waals surface area contributed by atoms with Crippen molar-refractivity contribution in [3.63, 3.8) is 0 Å². The van der Waals surface area contributed by atoms with Crippen LogP contribution in [0, 0.1) is 0 Å². The fourth-order valence-corrected chi connectivity index (χ4v) is 8.70. The van der Waals surface area contributed by atoms with E-state index in [1.54, 1.807) is 48.5 Å². The molecular weight excluding hydrogens is 560 g/mol. The lowest BCUT2D eigenvalue weighted by Gasteiger charge is -2.33. The Bertz CT molecular complexity index is 1720. The number of ether oxygens (including phenoxy) is 1. The van der Waals surface area contributed by atoms with Gasteiger partial charge in [0.1, 0.15) is 10.3 Å². The van der Waals surface area contributed by atoms with Crippen LogP contribution in [0.25, 0.3) is 21.3 Å². The molecule has 0 aliphatic carbocycles. The van der Waals surface area contributed by atoms with Crippen LogP contribution >= 0.6 is 11.3 Å². The molecule has 9 nitrogen and oxygen atoms in total. The predicted molar refractivity (Wildman–Crippen MR) is 160 cm³/mol. The topological polar surface area (TPSA) is 109 Å². The van der Waals surface area contributed by atoms with E-state index in [2.05, 4.69) is 10.3 Å². The van der Waals surface area contributed by atoms with Crippen molar-refractivity contribution < 1.29 is 22.7 Å². The normalized spacial score (nSPS) is 17.3. The van der Waals surface area contributed by atoms with Crippen LogP contribution in [-0.4, -0.2) is 62.4 Å². The Morgan fingerprint density at radius 3 is 2.78 bits per heavy atom.